The van der Waals surface area contributed by atoms with Crippen molar-refractivity contribution >= 4 is 17.7 Å². The Morgan fingerprint density at radius 3 is 2.48 bits per heavy atom. The minimum absolute atomic E-state index is 0.193. The van der Waals surface area contributed by atoms with Gasteiger partial charge in [0.1, 0.15) is 0 Å². The van der Waals surface area contributed by atoms with E-state index in [2.05, 4.69) is 27.4 Å². The van der Waals surface area contributed by atoms with Crippen LogP contribution in [0.2, 0.25) is 0 Å². The summed E-state index contributed by atoms with van der Waals surface area (Å²) in [5.74, 6) is 0.193. The summed E-state index contributed by atoms with van der Waals surface area (Å²) < 4.78 is 0. The van der Waals surface area contributed by atoms with Gasteiger partial charge in [-0.15, -0.1) is 0 Å². The molecule has 1 saturated carbocycles. The molecule has 5 heteroatoms. The molecule has 4 nitrogen and oxygen atoms in total. The molecule has 132 valence electrons. The fourth-order valence-electron chi connectivity index (χ4n) is 3.22. The maximum absolute atomic E-state index is 12.1. The fraction of sp³-hybridized carbons (Fsp3) is 0.450. The number of hydrogen-bond acceptors (Lipinski definition) is 4. The number of carbonyl (C=O) groups is 1. The number of nitrogens with one attached hydrogen (secondary N) is 1. The van der Waals surface area contributed by atoms with Gasteiger partial charge in [0.15, 0.2) is 5.16 Å². The summed E-state index contributed by atoms with van der Waals surface area (Å²) in [6.07, 6.45) is 10.4. The lowest BCUT2D eigenvalue weighted by atomic mass is 9.95. The van der Waals surface area contributed by atoms with Crippen molar-refractivity contribution in [1.29, 1.82) is 0 Å². The Hall–Kier alpha value is -1.88. The minimum atomic E-state index is 0.193. The molecule has 3 rings (SSSR count). The quantitative estimate of drug-likeness (QED) is 0.762. The first-order chi connectivity index (χ1) is 12.3. The van der Waals surface area contributed by atoms with Gasteiger partial charge in [0.25, 0.3) is 0 Å². The topological polar surface area (TPSA) is 54.9 Å². The van der Waals surface area contributed by atoms with Crippen LogP contribution in [0.25, 0.3) is 0 Å². The number of amides is 1. The molecule has 0 unspecified atom stereocenters. The molecule has 2 aromatic rings. The number of hydrogen-bond donors (Lipinski definition) is 1. The Labute approximate surface area is 153 Å². The molecule has 1 fully saturated rings. The molecular weight excluding hydrogens is 330 g/mol. The highest BCUT2D eigenvalue weighted by molar-refractivity contribution is 7.99. The Balaban J connectivity index is 1.32. The molecule has 0 atom stereocenters. The summed E-state index contributed by atoms with van der Waals surface area (Å²) in [7, 11) is 0. The summed E-state index contributed by atoms with van der Waals surface area (Å²) in [4.78, 5) is 20.7. The zero-order valence-corrected chi connectivity index (χ0v) is 15.3. The number of aromatic nitrogens is 2. The Bertz CT molecular complexity index is 643. The number of aryl methyl sites for hydroxylation is 1. The third-order valence-electron chi connectivity index (χ3n) is 4.57. The second-order valence-corrected chi connectivity index (χ2v) is 7.80. The molecule has 1 aromatic carbocycles. The van der Waals surface area contributed by atoms with Crippen LogP contribution in [0, 0.1) is 0 Å². The third-order valence-corrected chi connectivity index (χ3v) is 5.79. The first kappa shape index (κ1) is 17.9. The normalized spacial score (nSPS) is 20.2. The molecule has 0 radical (unpaired) electrons. The van der Waals surface area contributed by atoms with Crippen LogP contribution in [0.1, 0.15) is 44.1 Å². The predicted molar refractivity (Wildman–Crippen MR) is 101 cm³/mol. The van der Waals surface area contributed by atoms with Crippen molar-refractivity contribution in [3.05, 3.63) is 54.4 Å². The van der Waals surface area contributed by atoms with Crippen LogP contribution >= 0.6 is 11.8 Å². The van der Waals surface area contributed by atoms with Crippen LogP contribution in [-0.2, 0) is 11.2 Å². The molecule has 1 N–H and O–H groups in total. The van der Waals surface area contributed by atoms with Gasteiger partial charge in [0.05, 0.1) is 0 Å². The van der Waals surface area contributed by atoms with E-state index in [9.17, 15) is 4.79 Å². The summed E-state index contributed by atoms with van der Waals surface area (Å²) in [5, 5.41) is 4.63. The second kappa shape index (κ2) is 9.56. The van der Waals surface area contributed by atoms with Crippen LogP contribution in [0.15, 0.2) is 53.9 Å². The number of nitrogens with zero attached hydrogens (tertiary/aromatic N) is 2. The summed E-state index contributed by atoms with van der Waals surface area (Å²) in [6.45, 7) is 0. The SMILES string of the molecule is O=C(CCCc1ccccc1)NC1CCC(Sc2ncccn2)CC1. The molecule has 0 bridgehead atoms. The van der Waals surface area contributed by atoms with E-state index in [-0.39, 0.29) is 5.91 Å². The molecule has 1 heterocycles. The highest BCUT2D eigenvalue weighted by Crippen LogP contribution is 2.31. The van der Waals surface area contributed by atoms with Crippen molar-refractivity contribution < 1.29 is 4.79 Å². The van der Waals surface area contributed by atoms with Gasteiger partial charge in [-0.1, -0.05) is 42.1 Å². The molecule has 0 spiro atoms. The molecular formula is C20H25N3OS. The average molecular weight is 356 g/mol. The van der Waals surface area contributed by atoms with Gasteiger partial charge in [-0.25, -0.2) is 9.97 Å². The molecule has 25 heavy (non-hydrogen) atoms. The second-order valence-electron chi connectivity index (χ2n) is 6.53. The molecule has 0 aliphatic heterocycles. The van der Waals surface area contributed by atoms with E-state index in [0.717, 1.165) is 43.7 Å². The Morgan fingerprint density at radius 2 is 1.76 bits per heavy atom. The fourth-order valence-corrected chi connectivity index (χ4v) is 4.27. The Kier molecular flexibility index (Phi) is 6.86. The number of carbonyl (C=O) groups excluding carboxylic acids is 1. The number of rotatable bonds is 7. The first-order valence-corrected chi connectivity index (χ1v) is 9.94. The van der Waals surface area contributed by atoms with Crippen LogP contribution in [0.3, 0.4) is 0 Å². The largest absolute Gasteiger partial charge is 0.353 e. The standard InChI is InChI=1S/C20H25N3OS/c24-19(9-4-8-16-6-2-1-3-7-16)23-17-10-12-18(13-11-17)25-20-21-14-5-15-22-20/h1-3,5-7,14-15,17-18H,4,8-13H2,(H,23,24). The third kappa shape index (κ3) is 6.16. The van der Waals surface area contributed by atoms with Crippen LogP contribution in [0.4, 0.5) is 0 Å². The van der Waals surface area contributed by atoms with Crippen molar-refractivity contribution in [2.75, 3.05) is 0 Å². The maximum Gasteiger partial charge on any atom is 0.220 e. The molecule has 1 amide bonds. The monoisotopic (exact) mass is 355 g/mol. The van der Waals surface area contributed by atoms with Gasteiger partial charge in [-0.2, -0.15) is 0 Å². The van der Waals surface area contributed by atoms with E-state index in [4.69, 9.17) is 0 Å². The van der Waals surface area contributed by atoms with Gasteiger partial charge in [-0.3, -0.25) is 4.79 Å². The van der Waals surface area contributed by atoms with Crippen molar-refractivity contribution in [3.63, 3.8) is 0 Å². The lowest BCUT2D eigenvalue weighted by molar-refractivity contribution is -0.122. The lowest BCUT2D eigenvalue weighted by Crippen LogP contribution is -2.38. The van der Waals surface area contributed by atoms with E-state index in [0.29, 0.717) is 17.7 Å². The first-order valence-electron chi connectivity index (χ1n) is 9.06. The van der Waals surface area contributed by atoms with E-state index in [1.54, 1.807) is 24.2 Å². The van der Waals surface area contributed by atoms with E-state index >= 15 is 0 Å². The molecule has 1 aliphatic carbocycles. The summed E-state index contributed by atoms with van der Waals surface area (Å²) in [5.41, 5.74) is 1.30. The van der Waals surface area contributed by atoms with Crippen LogP contribution in [-0.4, -0.2) is 27.2 Å². The van der Waals surface area contributed by atoms with Crippen molar-refractivity contribution in [2.45, 2.75) is 61.4 Å². The van der Waals surface area contributed by atoms with Gasteiger partial charge >= 0.3 is 0 Å². The highest BCUT2D eigenvalue weighted by atomic mass is 32.2. The minimum Gasteiger partial charge on any atom is -0.353 e. The lowest BCUT2D eigenvalue weighted by Gasteiger charge is -2.28. The van der Waals surface area contributed by atoms with Gasteiger partial charge in [0, 0.05) is 30.1 Å². The van der Waals surface area contributed by atoms with Gasteiger partial charge < -0.3 is 5.32 Å². The average Bonchev–Trinajstić information content (AvgIpc) is 2.65. The van der Waals surface area contributed by atoms with Crippen molar-refractivity contribution in [3.8, 4) is 0 Å². The molecule has 1 aromatic heterocycles. The van der Waals surface area contributed by atoms with Gasteiger partial charge in [0.2, 0.25) is 5.91 Å². The zero-order chi connectivity index (χ0) is 17.3. The smallest absolute Gasteiger partial charge is 0.220 e. The van der Waals surface area contributed by atoms with Crippen molar-refractivity contribution in [1.82, 2.24) is 15.3 Å². The van der Waals surface area contributed by atoms with Crippen molar-refractivity contribution in [2.24, 2.45) is 0 Å². The summed E-state index contributed by atoms with van der Waals surface area (Å²) >= 11 is 1.76. The van der Waals surface area contributed by atoms with E-state index < -0.39 is 0 Å². The van der Waals surface area contributed by atoms with Gasteiger partial charge in [-0.05, 0) is 50.2 Å². The van der Waals surface area contributed by atoms with Crippen LogP contribution < -0.4 is 5.32 Å². The maximum atomic E-state index is 12.1. The number of thioether (sulfide) groups is 1. The van der Waals surface area contributed by atoms with Crippen LogP contribution in [0.5, 0.6) is 0 Å². The zero-order valence-electron chi connectivity index (χ0n) is 14.4. The Morgan fingerprint density at radius 1 is 1.04 bits per heavy atom. The summed E-state index contributed by atoms with van der Waals surface area (Å²) in [6, 6.07) is 12.5. The number of benzene rings is 1. The molecule has 1 aliphatic rings. The van der Waals surface area contributed by atoms with E-state index in [1.165, 1.54) is 5.56 Å². The molecule has 0 saturated heterocycles. The van der Waals surface area contributed by atoms with E-state index in [1.807, 2.05) is 24.3 Å². The predicted octanol–water partition coefficient (Wildman–Crippen LogP) is 4.02. The highest BCUT2D eigenvalue weighted by Gasteiger charge is 2.23.